The average Bonchev–Trinajstić information content (AvgIpc) is 3.24. The molecule has 2 N–H and O–H groups in total. The summed E-state index contributed by atoms with van der Waals surface area (Å²) in [5.74, 6) is 0.247. The number of rotatable bonds is 9. The van der Waals surface area contributed by atoms with Gasteiger partial charge in [-0.15, -0.1) is 0 Å². The van der Waals surface area contributed by atoms with E-state index < -0.39 is 37.4 Å². The van der Waals surface area contributed by atoms with Gasteiger partial charge in [-0.2, -0.15) is 0 Å². The van der Waals surface area contributed by atoms with Crippen LogP contribution < -0.4 is 20.9 Å². The van der Waals surface area contributed by atoms with Crippen molar-refractivity contribution in [3.63, 3.8) is 0 Å². The van der Waals surface area contributed by atoms with Crippen LogP contribution in [0.15, 0.2) is 70.0 Å². The van der Waals surface area contributed by atoms with E-state index in [4.69, 9.17) is 19.3 Å². The number of aryl methyl sites for hydroxylation is 1. The highest BCUT2D eigenvalue weighted by Crippen LogP contribution is 2.48. The van der Waals surface area contributed by atoms with E-state index in [9.17, 15) is 14.2 Å². The molecule has 14 nitrogen and oxygen atoms in total. The third-order valence-corrected chi connectivity index (χ3v) is 6.56. The van der Waals surface area contributed by atoms with Gasteiger partial charge in [-0.05, 0) is 36.7 Å². The first-order valence-electron chi connectivity index (χ1n) is 10.4. The van der Waals surface area contributed by atoms with Crippen LogP contribution in [0.2, 0.25) is 0 Å². The molecule has 4 rings (SSSR count). The molecule has 3 aromatic heterocycles. The Kier molecular flexibility index (Phi) is 7.28. The summed E-state index contributed by atoms with van der Waals surface area (Å²) in [5, 5.41) is 6.48. The molecule has 15 heteroatoms. The van der Waals surface area contributed by atoms with Crippen LogP contribution in [-0.4, -0.2) is 38.3 Å². The van der Waals surface area contributed by atoms with Crippen LogP contribution in [0, 0.1) is 6.92 Å². The second kappa shape index (κ2) is 10.5. The molecular weight excluding hydrogens is 479 g/mol. The molecule has 1 saturated heterocycles. The van der Waals surface area contributed by atoms with Gasteiger partial charge in [0.05, 0.1) is 18.8 Å². The second-order valence-electron chi connectivity index (χ2n) is 7.53. The van der Waals surface area contributed by atoms with Crippen LogP contribution in [-0.2, 0) is 13.8 Å². The monoisotopic (exact) mass is 500 g/mol. The van der Waals surface area contributed by atoms with Crippen molar-refractivity contribution in [3.8, 4) is 5.75 Å². The third kappa shape index (κ3) is 5.94. The molecule has 0 saturated carbocycles. The third-order valence-electron chi connectivity index (χ3n) is 5.09. The molecule has 1 fully saturated rings. The van der Waals surface area contributed by atoms with Crippen LogP contribution in [0.4, 0.5) is 5.69 Å². The van der Waals surface area contributed by atoms with E-state index in [0.29, 0.717) is 11.3 Å². The lowest BCUT2D eigenvalue weighted by atomic mass is 10.1. The standard InChI is InChI=1S/C20H21N8O6P/c1-13-11-28(20(30)24-19(13)29)18-10-16(25-27-21)17(33-18)12-32-35(31,26-14-2-6-22-7-3-14)34-15-4-8-23-9-5-15/h2-9,11,16-18H,10,12H2,1H3,(H,22,26,31)(H,24,29,30)/t16?,17-,18-,35?/m1/s1. The van der Waals surface area contributed by atoms with Gasteiger partial charge in [0.2, 0.25) is 0 Å². The molecule has 4 heterocycles. The van der Waals surface area contributed by atoms with Gasteiger partial charge >= 0.3 is 13.4 Å². The fraction of sp³-hybridized carbons (Fsp3) is 0.300. The maximum atomic E-state index is 13.6. The summed E-state index contributed by atoms with van der Waals surface area (Å²) in [6.45, 7) is 1.25. The first kappa shape index (κ1) is 24.2. The van der Waals surface area contributed by atoms with Crippen molar-refractivity contribution in [2.24, 2.45) is 5.11 Å². The number of nitrogens with zero attached hydrogens (tertiary/aromatic N) is 6. The molecule has 182 valence electrons. The molecule has 35 heavy (non-hydrogen) atoms. The Labute approximate surface area is 198 Å². The van der Waals surface area contributed by atoms with E-state index in [1.807, 2.05) is 0 Å². The smallest absolute Gasteiger partial charge is 0.409 e. The maximum Gasteiger partial charge on any atom is 0.486 e. The summed E-state index contributed by atoms with van der Waals surface area (Å²) in [6.07, 6.45) is 5.76. The Balaban J connectivity index is 1.55. The van der Waals surface area contributed by atoms with Crippen LogP contribution in [0.1, 0.15) is 18.2 Å². The first-order chi connectivity index (χ1) is 16.9. The number of pyridine rings is 2. The zero-order chi connectivity index (χ0) is 24.8. The van der Waals surface area contributed by atoms with Crippen LogP contribution in [0.5, 0.6) is 5.75 Å². The molecule has 0 radical (unpaired) electrons. The van der Waals surface area contributed by atoms with Crippen LogP contribution in [0.25, 0.3) is 10.4 Å². The van der Waals surface area contributed by atoms with E-state index in [-0.39, 0.29) is 18.8 Å². The molecule has 0 spiro atoms. The largest absolute Gasteiger partial charge is 0.486 e. The second-order valence-corrected chi connectivity index (χ2v) is 9.19. The van der Waals surface area contributed by atoms with Crippen molar-refractivity contribution in [2.75, 3.05) is 11.7 Å². The molecule has 2 unspecified atom stereocenters. The molecule has 0 bridgehead atoms. The van der Waals surface area contributed by atoms with Crippen molar-refractivity contribution in [2.45, 2.75) is 31.7 Å². The van der Waals surface area contributed by atoms with Gasteiger partial charge in [0, 0.05) is 53.6 Å². The molecule has 3 aromatic rings. The minimum absolute atomic E-state index is 0.136. The number of nitrogens with one attached hydrogen (secondary N) is 2. The zero-order valence-electron chi connectivity index (χ0n) is 18.4. The Morgan fingerprint density at radius 2 is 1.94 bits per heavy atom. The molecule has 1 aliphatic heterocycles. The topological polar surface area (TPSA) is 186 Å². The number of hydrogen-bond acceptors (Lipinski definition) is 9. The molecule has 0 aromatic carbocycles. The Morgan fingerprint density at radius 3 is 2.63 bits per heavy atom. The number of ether oxygens (including phenoxy) is 1. The van der Waals surface area contributed by atoms with E-state index in [1.54, 1.807) is 19.1 Å². The van der Waals surface area contributed by atoms with Crippen molar-refractivity contribution < 1.29 is 18.3 Å². The van der Waals surface area contributed by atoms with Crippen molar-refractivity contribution in [1.82, 2.24) is 19.5 Å². The first-order valence-corrected chi connectivity index (χ1v) is 12.0. The summed E-state index contributed by atoms with van der Waals surface area (Å²) in [4.78, 5) is 36.8. The van der Waals surface area contributed by atoms with Gasteiger partial charge in [0.1, 0.15) is 12.0 Å². The number of aromatic nitrogens is 4. The highest BCUT2D eigenvalue weighted by Gasteiger charge is 2.39. The Bertz CT molecular complexity index is 1330. The van der Waals surface area contributed by atoms with E-state index >= 15 is 0 Å². The lowest BCUT2D eigenvalue weighted by Crippen LogP contribution is -2.33. The summed E-state index contributed by atoms with van der Waals surface area (Å²) in [6, 6.07) is 5.46. The highest BCUT2D eigenvalue weighted by molar-refractivity contribution is 7.55. The normalized spacial score (nSPS) is 21.0. The van der Waals surface area contributed by atoms with Gasteiger partial charge in [-0.25, -0.2) is 9.36 Å². The van der Waals surface area contributed by atoms with Crippen LogP contribution >= 0.6 is 7.75 Å². The number of H-pyrrole nitrogens is 1. The van der Waals surface area contributed by atoms with E-state index in [0.717, 1.165) is 0 Å². The zero-order valence-corrected chi connectivity index (χ0v) is 19.3. The van der Waals surface area contributed by atoms with Crippen molar-refractivity contribution in [1.29, 1.82) is 0 Å². The van der Waals surface area contributed by atoms with Gasteiger partial charge in [0.15, 0.2) is 0 Å². The highest BCUT2D eigenvalue weighted by atomic mass is 31.2. The summed E-state index contributed by atoms with van der Waals surface area (Å²) in [7, 11) is -4.01. The quantitative estimate of drug-likeness (QED) is 0.193. The minimum atomic E-state index is -4.01. The van der Waals surface area contributed by atoms with Crippen molar-refractivity contribution in [3.05, 3.63) is 92.1 Å². The predicted octanol–water partition coefficient (Wildman–Crippen LogP) is 2.92. The molecular formula is C20H21N8O6P. The number of azide groups is 1. The van der Waals surface area contributed by atoms with E-state index in [1.165, 1.54) is 47.7 Å². The molecule has 4 atom stereocenters. The molecule has 1 aliphatic rings. The number of hydrogen-bond donors (Lipinski definition) is 2. The Hall–Kier alpha value is -3.96. The fourth-order valence-electron chi connectivity index (χ4n) is 3.40. The Morgan fingerprint density at radius 1 is 1.26 bits per heavy atom. The number of anilines is 1. The van der Waals surface area contributed by atoms with Gasteiger partial charge in [-0.1, -0.05) is 5.11 Å². The number of aromatic amines is 1. The average molecular weight is 500 g/mol. The molecule has 0 amide bonds. The van der Waals surface area contributed by atoms with E-state index in [2.05, 4.69) is 30.1 Å². The van der Waals surface area contributed by atoms with Gasteiger partial charge < -0.3 is 9.26 Å². The summed E-state index contributed by atoms with van der Waals surface area (Å²) < 4.78 is 32.0. The summed E-state index contributed by atoms with van der Waals surface area (Å²) >= 11 is 0. The lowest BCUT2D eigenvalue weighted by molar-refractivity contribution is -0.0234. The fourth-order valence-corrected chi connectivity index (χ4v) is 4.77. The SMILES string of the molecule is Cc1cn([C@H]2CC(N=[N+]=[N-])[C@@H](COP(=O)(Nc3ccncc3)Oc3ccncc3)O2)c(=O)[nH]c1=O. The lowest BCUT2D eigenvalue weighted by Gasteiger charge is -2.23. The van der Waals surface area contributed by atoms with Crippen molar-refractivity contribution >= 4 is 13.4 Å². The maximum absolute atomic E-state index is 13.6. The molecule has 0 aliphatic carbocycles. The van der Waals surface area contributed by atoms with Gasteiger partial charge in [0.25, 0.3) is 5.56 Å². The summed E-state index contributed by atoms with van der Waals surface area (Å²) in [5.41, 5.74) is 8.57. The van der Waals surface area contributed by atoms with Crippen LogP contribution in [0.3, 0.4) is 0 Å². The minimum Gasteiger partial charge on any atom is -0.409 e. The predicted molar refractivity (Wildman–Crippen MR) is 124 cm³/mol. The van der Waals surface area contributed by atoms with Gasteiger partial charge in [-0.3, -0.25) is 33.9 Å².